The number of alkyl carbamates (subject to hydrolysis) is 1. The van der Waals surface area contributed by atoms with Crippen LogP contribution in [0.2, 0.25) is 0 Å². The van der Waals surface area contributed by atoms with Crippen LogP contribution in [0.25, 0.3) is 55.1 Å². The normalized spacial score (nSPS) is 17.9. The number of nitrogens with one attached hydrogen (secondary N) is 4. The standard InChI is InChI=1S/C45H50N8O6/c1-24(2)38(50-44(56)57)42(54)52-18-6-8-36(52)40-46-32-16-14-30(22-34(32)48-40)28-12-10-27-21-29(13-11-26(27)20-28)31-15-17-33-35(23-31)49-41(47-33)37-9-7-19-53(37)43(55)39(25(3)4)51-45(58)59-5/h10-17,20-25,36-39,50H,6-9,18-19H2,1-5H3,(H,46,48)(H,47,49)(H,51,58)(H,56,57). The van der Waals surface area contributed by atoms with Gasteiger partial charge in [0.15, 0.2) is 0 Å². The molecule has 4 amide bonds. The van der Waals surface area contributed by atoms with Crippen molar-refractivity contribution in [3.8, 4) is 22.3 Å². The zero-order valence-electron chi connectivity index (χ0n) is 33.9. The molecule has 2 saturated heterocycles. The van der Waals surface area contributed by atoms with Gasteiger partial charge in [0.25, 0.3) is 0 Å². The quantitative estimate of drug-likeness (QED) is 0.0925. The fourth-order valence-corrected chi connectivity index (χ4v) is 8.67. The fourth-order valence-electron chi connectivity index (χ4n) is 8.67. The van der Waals surface area contributed by atoms with E-state index >= 15 is 0 Å². The lowest BCUT2D eigenvalue weighted by molar-refractivity contribution is -0.136. The smallest absolute Gasteiger partial charge is 0.407 e. The lowest BCUT2D eigenvalue weighted by atomic mass is 9.97. The van der Waals surface area contributed by atoms with Gasteiger partial charge in [0, 0.05) is 13.1 Å². The van der Waals surface area contributed by atoms with Gasteiger partial charge in [-0.3, -0.25) is 9.59 Å². The molecule has 0 aliphatic carbocycles. The van der Waals surface area contributed by atoms with Crippen LogP contribution in [0.15, 0.2) is 72.8 Å². The van der Waals surface area contributed by atoms with Gasteiger partial charge in [-0.25, -0.2) is 19.6 Å². The number of benzene rings is 4. The van der Waals surface area contributed by atoms with Gasteiger partial charge in [0.1, 0.15) is 23.7 Å². The van der Waals surface area contributed by atoms with Gasteiger partial charge in [-0.2, -0.15) is 0 Å². The molecule has 306 valence electrons. The van der Waals surface area contributed by atoms with Crippen molar-refractivity contribution in [1.82, 2.24) is 40.4 Å². The minimum atomic E-state index is -1.21. The first-order valence-corrected chi connectivity index (χ1v) is 20.4. The van der Waals surface area contributed by atoms with Crippen LogP contribution in [-0.4, -0.2) is 91.1 Å². The average molecular weight is 799 g/mol. The van der Waals surface area contributed by atoms with Crippen molar-refractivity contribution in [1.29, 1.82) is 0 Å². The molecule has 4 unspecified atom stereocenters. The number of nitrogens with zero attached hydrogens (tertiary/aromatic N) is 4. The number of fused-ring (bicyclic) bond motifs is 3. The Labute approximate surface area is 341 Å². The third kappa shape index (κ3) is 7.78. The number of carbonyl (C=O) groups is 4. The van der Waals surface area contributed by atoms with Gasteiger partial charge in [0.2, 0.25) is 11.8 Å². The molecule has 6 aromatic rings. The van der Waals surface area contributed by atoms with Gasteiger partial charge in [-0.15, -0.1) is 0 Å². The summed E-state index contributed by atoms with van der Waals surface area (Å²) >= 11 is 0. The number of methoxy groups -OCH3 is 1. The molecule has 2 fully saturated rings. The second kappa shape index (κ2) is 16.1. The predicted octanol–water partition coefficient (Wildman–Crippen LogP) is 7.93. The van der Waals surface area contributed by atoms with Gasteiger partial charge >= 0.3 is 12.2 Å². The van der Waals surface area contributed by atoms with Crippen molar-refractivity contribution >= 4 is 56.8 Å². The first kappa shape index (κ1) is 39.4. The summed E-state index contributed by atoms with van der Waals surface area (Å²) in [6.07, 6.45) is 1.35. The van der Waals surface area contributed by atoms with Crippen molar-refractivity contribution in [2.24, 2.45) is 11.8 Å². The molecule has 2 aliphatic rings. The number of imidazole rings is 2. The molecule has 14 heteroatoms. The van der Waals surface area contributed by atoms with Crippen molar-refractivity contribution in [2.75, 3.05) is 20.2 Å². The second-order valence-corrected chi connectivity index (χ2v) is 16.4. The average Bonchev–Trinajstić information content (AvgIpc) is 4.05. The maximum Gasteiger partial charge on any atom is 0.407 e. The Morgan fingerprint density at radius 1 is 0.661 bits per heavy atom. The number of aromatic amines is 2. The first-order chi connectivity index (χ1) is 28.4. The number of ether oxygens (including phenoxy) is 1. The highest BCUT2D eigenvalue weighted by Crippen LogP contribution is 2.36. The number of H-pyrrole nitrogens is 2. The Bertz CT molecular complexity index is 2580. The number of hydrogen-bond acceptors (Lipinski definition) is 7. The molecule has 8 rings (SSSR count). The molecule has 4 heterocycles. The monoisotopic (exact) mass is 798 g/mol. The van der Waals surface area contributed by atoms with Crippen molar-refractivity contribution in [3.05, 3.63) is 84.4 Å². The largest absolute Gasteiger partial charge is 0.465 e. The fraction of sp³-hybridized carbons (Fsp3) is 0.378. The third-order valence-corrected chi connectivity index (χ3v) is 11.8. The Morgan fingerprint density at radius 3 is 1.51 bits per heavy atom. The molecule has 4 atom stereocenters. The molecule has 59 heavy (non-hydrogen) atoms. The number of carbonyl (C=O) groups excluding carboxylic acids is 3. The maximum atomic E-state index is 13.7. The van der Waals surface area contributed by atoms with E-state index in [1.807, 2.05) is 44.7 Å². The van der Waals surface area contributed by atoms with E-state index in [1.54, 1.807) is 4.90 Å². The molecule has 14 nitrogen and oxygen atoms in total. The summed E-state index contributed by atoms with van der Waals surface area (Å²) in [6, 6.07) is 23.2. The minimum Gasteiger partial charge on any atom is -0.465 e. The lowest BCUT2D eigenvalue weighted by Crippen LogP contribution is -2.51. The van der Waals surface area contributed by atoms with E-state index < -0.39 is 24.3 Å². The molecular formula is C45H50N8O6. The van der Waals surface area contributed by atoms with Crippen LogP contribution in [0.1, 0.15) is 77.1 Å². The Kier molecular flexibility index (Phi) is 10.7. The van der Waals surface area contributed by atoms with Crippen LogP contribution in [0, 0.1) is 11.8 Å². The molecule has 5 N–H and O–H groups in total. The number of hydrogen-bond donors (Lipinski definition) is 5. The van der Waals surface area contributed by atoms with Crippen LogP contribution in [0.4, 0.5) is 9.59 Å². The van der Waals surface area contributed by atoms with E-state index in [4.69, 9.17) is 14.7 Å². The zero-order chi connectivity index (χ0) is 41.5. The van der Waals surface area contributed by atoms with Crippen molar-refractivity contribution in [3.63, 3.8) is 0 Å². The molecule has 0 spiro atoms. The predicted molar refractivity (Wildman–Crippen MR) is 225 cm³/mol. The summed E-state index contributed by atoms with van der Waals surface area (Å²) in [5, 5.41) is 16.7. The molecule has 2 aliphatic heterocycles. The van der Waals surface area contributed by atoms with E-state index in [-0.39, 0.29) is 35.7 Å². The molecule has 0 saturated carbocycles. The topological polar surface area (TPSA) is 186 Å². The van der Waals surface area contributed by atoms with E-state index in [2.05, 4.69) is 81.3 Å². The molecule has 2 aromatic heterocycles. The highest BCUT2D eigenvalue weighted by Gasteiger charge is 2.39. The number of likely N-dealkylation sites (tertiary alicyclic amines) is 2. The number of rotatable bonds is 10. The second-order valence-electron chi connectivity index (χ2n) is 16.4. The van der Waals surface area contributed by atoms with Crippen LogP contribution in [0.5, 0.6) is 0 Å². The number of aromatic nitrogens is 4. The summed E-state index contributed by atoms with van der Waals surface area (Å²) in [7, 11) is 1.29. The maximum absolute atomic E-state index is 13.7. The van der Waals surface area contributed by atoms with E-state index in [1.165, 1.54) is 7.11 Å². The Morgan fingerprint density at radius 2 is 1.08 bits per heavy atom. The van der Waals surface area contributed by atoms with E-state index in [0.717, 1.165) is 86.6 Å². The highest BCUT2D eigenvalue weighted by atomic mass is 16.5. The Balaban J connectivity index is 0.997. The molecule has 4 aromatic carbocycles. The summed E-state index contributed by atoms with van der Waals surface area (Å²) in [5.41, 5.74) is 7.60. The summed E-state index contributed by atoms with van der Waals surface area (Å²) in [5.74, 6) is 0.775. The van der Waals surface area contributed by atoms with Crippen LogP contribution in [-0.2, 0) is 14.3 Å². The summed E-state index contributed by atoms with van der Waals surface area (Å²) < 4.78 is 4.78. The first-order valence-electron chi connectivity index (χ1n) is 20.4. The minimum absolute atomic E-state index is 0.111. The lowest BCUT2D eigenvalue weighted by Gasteiger charge is -2.29. The van der Waals surface area contributed by atoms with Gasteiger partial charge < -0.3 is 40.2 Å². The van der Waals surface area contributed by atoms with Crippen LogP contribution in [0.3, 0.4) is 0 Å². The van der Waals surface area contributed by atoms with Crippen LogP contribution >= 0.6 is 0 Å². The van der Waals surface area contributed by atoms with Crippen molar-refractivity contribution in [2.45, 2.75) is 77.5 Å². The van der Waals surface area contributed by atoms with Gasteiger partial charge in [-0.05, 0) is 107 Å². The third-order valence-electron chi connectivity index (χ3n) is 11.8. The molecule has 0 radical (unpaired) electrons. The summed E-state index contributed by atoms with van der Waals surface area (Å²) in [6.45, 7) is 8.63. The highest BCUT2D eigenvalue weighted by molar-refractivity contribution is 5.93. The van der Waals surface area contributed by atoms with Gasteiger partial charge in [-0.1, -0.05) is 64.1 Å². The van der Waals surface area contributed by atoms with E-state index in [0.29, 0.717) is 18.9 Å². The number of amides is 4. The van der Waals surface area contributed by atoms with Crippen LogP contribution < -0.4 is 10.6 Å². The van der Waals surface area contributed by atoms with Crippen molar-refractivity contribution < 1.29 is 29.0 Å². The number of carboxylic acid groups (broad SMARTS) is 1. The van der Waals surface area contributed by atoms with E-state index in [9.17, 15) is 24.3 Å². The molecular weight excluding hydrogens is 749 g/mol. The zero-order valence-corrected chi connectivity index (χ0v) is 33.9. The van der Waals surface area contributed by atoms with Gasteiger partial charge in [0.05, 0.1) is 41.3 Å². The SMILES string of the molecule is COC(=O)NC(C(=O)N1CCCC1c1nc2ccc(-c3ccc4cc(-c5ccc6nc(C7CCCN7C(=O)C(NC(=O)O)C(C)C)[nH]c6c5)ccc4c3)cc2[nH]1)C(C)C. The summed E-state index contributed by atoms with van der Waals surface area (Å²) in [4.78, 5) is 70.9. The Hall–Kier alpha value is -6.44. The molecule has 0 bridgehead atoms.